The third kappa shape index (κ3) is 6.55. The molecule has 1 aliphatic heterocycles. The molecule has 1 amide bonds. The normalized spacial score (nSPS) is 37.9. The summed E-state index contributed by atoms with van der Waals surface area (Å²) in [6, 6.07) is 0.375. The fraction of sp³-hybridized carbons (Fsp3) is 0.938. The Morgan fingerprint density at radius 2 is 1.62 bits per heavy atom. The molecule has 3 saturated carbocycles. The summed E-state index contributed by atoms with van der Waals surface area (Å²) < 4.78 is 6.09. The van der Waals surface area contributed by atoms with Crippen LogP contribution in [0.4, 0.5) is 0 Å². The number of rotatable bonds is 12. The Morgan fingerprint density at radius 1 is 0.919 bits per heavy atom. The molecule has 1 saturated heterocycles. The van der Waals surface area contributed by atoms with E-state index in [1.807, 2.05) is 0 Å². The number of unbranched alkanes of at least 4 members (excludes halogenated alkanes) is 5. The molecule has 4 fully saturated rings. The first-order valence-corrected chi connectivity index (χ1v) is 16.8. The number of amides is 1. The summed E-state index contributed by atoms with van der Waals surface area (Å²) in [5, 5.41) is 4.09. The lowest BCUT2D eigenvalue weighted by Crippen LogP contribution is -2.61. The minimum atomic E-state index is 0.0209. The van der Waals surface area contributed by atoms with E-state index in [4.69, 9.17) is 4.74 Å². The highest BCUT2D eigenvalue weighted by atomic mass is 32.2. The van der Waals surface area contributed by atoms with Gasteiger partial charge in [-0.25, -0.2) is 0 Å². The van der Waals surface area contributed by atoms with Crippen molar-refractivity contribution in [2.75, 3.05) is 5.75 Å². The fourth-order valence-electron chi connectivity index (χ4n) is 9.26. The molecule has 0 spiro atoms. The maximum Gasteiger partial charge on any atom is 0.306 e. The predicted molar refractivity (Wildman–Crippen MR) is 155 cm³/mol. The van der Waals surface area contributed by atoms with E-state index in [-0.39, 0.29) is 28.8 Å². The Labute approximate surface area is 231 Å². The van der Waals surface area contributed by atoms with E-state index >= 15 is 0 Å². The molecule has 0 aromatic carbocycles. The van der Waals surface area contributed by atoms with E-state index in [1.54, 1.807) is 0 Å². The molecule has 5 heteroatoms. The predicted octanol–water partition coefficient (Wildman–Crippen LogP) is 7.93. The Kier molecular flexibility index (Phi) is 10.0. The van der Waals surface area contributed by atoms with Gasteiger partial charge in [-0.3, -0.25) is 9.59 Å². The van der Waals surface area contributed by atoms with Gasteiger partial charge in [0.25, 0.3) is 0 Å². The van der Waals surface area contributed by atoms with Crippen molar-refractivity contribution in [1.29, 1.82) is 0 Å². The molecule has 1 heterocycles. The van der Waals surface area contributed by atoms with Crippen LogP contribution < -0.4 is 5.32 Å². The maximum absolute atomic E-state index is 12.7. The second-order valence-electron chi connectivity index (χ2n) is 13.8. The van der Waals surface area contributed by atoms with Crippen molar-refractivity contribution < 1.29 is 14.3 Å². The lowest BCUT2D eigenvalue weighted by Gasteiger charge is -2.60. The van der Waals surface area contributed by atoms with Gasteiger partial charge >= 0.3 is 5.97 Å². The fourth-order valence-corrected chi connectivity index (χ4v) is 10.1. The summed E-state index contributed by atoms with van der Waals surface area (Å²) in [6.45, 7) is 11.7. The number of ether oxygens (including phenoxy) is 1. The van der Waals surface area contributed by atoms with Gasteiger partial charge in [-0.15, -0.1) is 0 Å². The molecule has 212 valence electrons. The van der Waals surface area contributed by atoms with Crippen LogP contribution in [-0.2, 0) is 14.3 Å². The monoisotopic (exact) mass is 533 g/mol. The number of nitrogens with one attached hydrogen (secondary N) is 1. The van der Waals surface area contributed by atoms with E-state index in [9.17, 15) is 9.59 Å². The van der Waals surface area contributed by atoms with Crippen molar-refractivity contribution in [2.45, 2.75) is 148 Å². The second kappa shape index (κ2) is 12.6. The largest absolute Gasteiger partial charge is 0.462 e. The van der Waals surface area contributed by atoms with Crippen molar-refractivity contribution in [3.05, 3.63) is 0 Å². The molecule has 0 aromatic rings. The molecule has 8 atom stereocenters. The molecule has 4 rings (SSSR count). The molecule has 37 heavy (non-hydrogen) atoms. The second-order valence-corrected chi connectivity index (χ2v) is 15.5. The molecule has 4 nitrogen and oxygen atoms in total. The number of carbonyl (C=O) groups excluding carboxylic acids is 2. The van der Waals surface area contributed by atoms with E-state index in [2.05, 4.69) is 51.7 Å². The molecule has 1 N–H and O–H groups in total. The lowest BCUT2D eigenvalue weighted by atomic mass is 9.47. The highest BCUT2D eigenvalue weighted by Gasteiger charge is 2.61. The molecular formula is C32H55NO3S. The topological polar surface area (TPSA) is 55.4 Å². The van der Waals surface area contributed by atoms with Crippen LogP contribution in [0.25, 0.3) is 0 Å². The van der Waals surface area contributed by atoms with Crippen molar-refractivity contribution >= 4 is 23.6 Å². The zero-order valence-corrected chi connectivity index (χ0v) is 25.3. The SMILES string of the molecule is CC(C)SCCCCCCCCC(=O)OC(C)[C@H]1CC[C@H]2[C@@H]3CCC4NC(=O)CC[C@]4(C)[C@H]3CC[C@]12C. The van der Waals surface area contributed by atoms with E-state index < -0.39 is 0 Å². The van der Waals surface area contributed by atoms with Crippen molar-refractivity contribution in [3.8, 4) is 0 Å². The summed E-state index contributed by atoms with van der Waals surface area (Å²) in [4.78, 5) is 24.8. The van der Waals surface area contributed by atoms with Crippen LogP contribution in [0.1, 0.15) is 131 Å². The van der Waals surface area contributed by atoms with Crippen molar-refractivity contribution in [2.24, 2.45) is 34.5 Å². The first kappa shape index (κ1) is 29.3. The zero-order valence-electron chi connectivity index (χ0n) is 24.5. The van der Waals surface area contributed by atoms with Gasteiger partial charge in [0.15, 0.2) is 0 Å². The van der Waals surface area contributed by atoms with Crippen LogP contribution in [0.3, 0.4) is 0 Å². The molecular weight excluding hydrogens is 478 g/mol. The summed E-state index contributed by atoms with van der Waals surface area (Å²) in [5.41, 5.74) is 0.553. The minimum absolute atomic E-state index is 0.0209. The van der Waals surface area contributed by atoms with E-state index in [0.29, 0.717) is 24.8 Å². The Bertz CT molecular complexity index is 786. The average Bonchev–Trinajstić information content (AvgIpc) is 3.20. The number of carbonyl (C=O) groups is 2. The van der Waals surface area contributed by atoms with Gasteiger partial charge in [-0.05, 0) is 104 Å². The van der Waals surface area contributed by atoms with Gasteiger partial charge in [0.05, 0.1) is 0 Å². The van der Waals surface area contributed by atoms with E-state index in [1.165, 1.54) is 63.5 Å². The van der Waals surface area contributed by atoms with Gasteiger partial charge in [0.1, 0.15) is 6.10 Å². The van der Waals surface area contributed by atoms with Crippen LogP contribution >= 0.6 is 11.8 Å². The van der Waals surface area contributed by atoms with Crippen molar-refractivity contribution in [3.63, 3.8) is 0 Å². The number of fused-ring (bicyclic) bond motifs is 5. The maximum atomic E-state index is 12.7. The number of thioether (sulfide) groups is 1. The Balaban J connectivity index is 1.21. The molecule has 0 aromatic heterocycles. The molecule has 0 radical (unpaired) electrons. The third-order valence-corrected chi connectivity index (χ3v) is 12.5. The number of esters is 1. The molecule has 2 unspecified atom stereocenters. The summed E-state index contributed by atoms with van der Waals surface area (Å²) in [6.07, 6.45) is 17.0. The van der Waals surface area contributed by atoms with Crippen LogP contribution in [0.5, 0.6) is 0 Å². The van der Waals surface area contributed by atoms with Gasteiger partial charge in [-0.2, -0.15) is 11.8 Å². The van der Waals surface area contributed by atoms with Gasteiger partial charge < -0.3 is 10.1 Å². The average molecular weight is 534 g/mol. The Hall–Kier alpha value is -0.710. The van der Waals surface area contributed by atoms with E-state index in [0.717, 1.165) is 48.7 Å². The quantitative estimate of drug-likeness (QED) is 0.204. The van der Waals surface area contributed by atoms with Gasteiger partial charge in [0, 0.05) is 24.8 Å². The lowest BCUT2D eigenvalue weighted by molar-refractivity contribution is -0.157. The summed E-state index contributed by atoms with van der Waals surface area (Å²) >= 11 is 2.06. The number of hydrogen-bond acceptors (Lipinski definition) is 4. The first-order chi connectivity index (χ1) is 17.6. The Morgan fingerprint density at radius 3 is 2.38 bits per heavy atom. The molecule has 3 aliphatic carbocycles. The standard InChI is InChI=1S/C32H55NO3S/c1-22(2)37-21-11-9-7-6-8-10-12-30(35)36-23(3)25-14-15-26-24-13-16-28-32(5,20-18-29(34)33-28)27(24)17-19-31(25,26)4/h22-28H,6-21H2,1-5H3,(H,33,34)/t23?,24-,25+,26-,27-,28?,31+,32+/m0/s1. The van der Waals surface area contributed by atoms with Gasteiger partial charge in [-0.1, -0.05) is 53.4 Å². The highest BCUT2D eigenvalue weighted by molar-refractivity contribution is 7.99. The smallest absolute Gasteiger partial charge is 0.306 e. The number of piperidine rings is 1. The summed E-state index contributed by atoms with van der Waals surface area (Å²) in [5.74, 6) is 4.29. The minimum Gasteiger partial charge on any atom is -0.462 e. The van der Waals surface area contributed by atoms with Crippen LogP contribution in [-0.4, -0.2) is 35.0 Å². The van der Waals surface area contributed by atoms with Gasteiger partial charge in [0.2, 0.25) is 5.91 Å². The third-order valence-electron chi connectivity index (χ3n) is 11.3. The zero-order chi connectivity index (χ0) is 26.6. The van der Waals surface area contributed by atoms with Crippen LogP contribution in [0, 0.1) is 34.5 Å². The van der Waals surface area contributed by atoms with Crippen molar-refractivity contribution in [1.82, 2.24) is 5.32 Å². The molecule has 0 bridgehead atoms. The number of hydrogen-bond donors (Lipinski definition) is 1. The van der Waals surface area contributed by atoms with Crippen LogP contribution in [0.2, 0.25) is 0 Å². The highest BCUT2D eigenvalue weighted by Crippen LogP contribution is 2.66. The molecule has 4 aliphatic rings. The van der Waals surface area contributed by atoms with Crippen LogP contribution in [0.15, 0.2) is 0 Å². The first-order valence-electron chi connectivity index (χ1n) is 15.8. The summed E-state index contributed by atoms with van der Waals surface area (Å²) in [7, 11) is 0.